The number of carbonyl (C=O) groups is 1. The molecule has 3 heterocycles. The van der Waals surface area contributed by atoms with Crippen molar-refractivity contribution in [2.24, 2.45) is 21.6 Å². The SMILES string of the molecule is COc1ccc(CNC(=O)c2ccc(C3=CN=C(N)C4=NC(C5CCCNC5)CN34)cc2)cc1. The number of benzene rings is 2. The summed E-state index contributed by atoms with van der Waals surface area (Å²) >= 11 is 0. The highest BCUT2D eigenvalue weighted by atomic mass is 16.5. The van der Waals surface area contributed by atoms with Crippen LogP contribution in [0.25, 0.3) is 5.70 Å². The second-order valence-corrected chi connectivity index (χ2v) is 8.87. The first-order chi connectivity index (χ1) is 16.6. The molecule has 3 aliphatic rings. The molecule has 0 spiro atoms. The lowest BCUT2D eigenvalue weighted by Crippen LogP contribution is -2.41. The zero-order valence-corrected chi connectivity index (χ0v) is 19.3. The maximum absolute atomic E-state index is 12.6. The number of piperidine rings is 1. The van der Waals surface area contributed by atoms with E-state index >= 15 is 0 Å². The Balaban J connectivity index is 1.25. The molecular formula is C26H30N6O2. The van der Waals surface area contributed by atoms with E-state index in [1.165, 1.54) is 12.8 Å². The third kappa shape index (κ3) is 4.54. The third-order valence-corrected chi connectivity index (χ3v) is 6.69. The van der Waals surface area contributed by atoms with Crippen molar-refractivity contribution in [3.63, 3.8) is 0 Å². The fourth-order valence-corrected chi connectivity index (χ4v) is 4.73. The minimum absolute atomic E-state index is 0.115. The average Bonchev–Trinajstić information content (AvgIpc) is 3.35. The molecule has 0 bridgehead atoms. The summed E-state index contributed by atoms with van der Waals surface area (Å²) in [7, 11) is 1.63. The monoisotopic (exact) mass is 458 g/mol. The predicted octanol–water partition coefficient (Wildman–Crippen LogP) is 2.38. The van der Waals surface area contributed by atoms with Gasteiger partial charge in [-0.05, 0) is 60.7 Å². The third-order valence-electron chi connectivity index (χ3n) is 6.69. The number of hydrogen-bond acceptors (Lipinski definition) is 7. The number of carbonyl (C=O) groups excluding carboxylic acids is 1. The van der Waals surface area contributed by atoms with Gasteiger partial charge in [0.1, 0.15) is 5.75 Å². The van der Waals surface area contributed by atoms with Gasteiger partial charge in [0.05, 0.1) is 25.0 Å². The normalized spacial score (nSPS) is 21.8. The Morgan fingerprint density at radius 3 is 2.71 bits per heavy atom. The Labute approximate surface area is 199 Å². The number of nitrogens with one attached hydrogen (secondary N) is 2. The van der Waals surface area contributed by atoms with Gasteiger partial charge in [-0.3, -0.25) is 9.79 Å². The molecule has 1 fully saturated rings. The van der Waals surface area contributed by atoms with E-state index < -0.39 is 0 Å². The molecule has 0 saturated carbocycles. The molecule has 2 aromatic rings. The summed E-state index contributed by atoms with van der Waals surface area (Å²) in [5.74, 6) is 2.41. The van der Waals surface area contributed by atoms with E-state index in [0.29, 0.717) is 23.9 Å². The van der Waals surface area contributed by atoms with Gasteiger partial charge in [-0.1, -0.05) is 24.3 Å². The summed E-state index contributed by atoms with van der Waals surface area (Å²) in [4.78, 5) is 24.1. The van der Waals surface area contributed by atoms with Crippen LogP contribution in [0.1, 0.15) is 34.3 Å². The predicted molar refractivity (Wildman–Crippen MR) is 134 cm³/mol. The van der Waals surface area contributed by atoms with Crippen molar-refractivity contribution in [2.75, 3.05) is 26.7 Å². The molecule has 0 aromatic heterocycles. The Morgan fingerprint density at radius 2 is 2.00 bits per heavy atom. The van der Waals surface area contributed by atoms with Crippen molar-refractivity contribution >= 4 is 23.3 Å². The maximum atomic E-state index is 12.6. The number of hydrogen-bond donors (Lipinski definition) is 3. The molecule has 1 amide bonds. The number of nitrogens with zero attached hydrogens (tertiary/aromatic N) is 3. The number of ether oxygens (including phenoxy) is 1. The van der Waals surface area contributed by atoms with E-state index in [1.807, 2.05) is 48.5 Å². The molecule has 1 saturated heterocycles. The molecule has 0 aliphatic carbocycles. The van der Waals surface area contributed by atoms with E-state index in [4.69, 9.17) is 15.5 Å². The van der Waals surface area contributed by atoms with Gasteiger partial charge in [-0.2, -0.15) is 0 Å². The van der Waals surface area contributed by atoms with Crippen molar-refractivity contribution in [1.82, 2.24) is 15.5 Å². The van der Waals surface area contributed by atoms with Crippen LogP contribution in [0.5, 0.6) is 5.75 Å². The highest BCUT2D eigenvalue weighted by Crippen LogP contribution is 2.31. The van der Waals surface area contributed by atoms with Gasteiger partial charge in [0, 0.05) is 25.2 Å². The van der Waals surface area contributed by atoms with Gasteiger partial charge >= 0.3 is 0 Å². The van der Waals surface area contributed by atoms with E-state index in [-0.39, 0.29) is 11.9 Å². The van der Waals surface area contributed by atoms with E-state index in [9.17, 15) is 4.79 Å². The number of aliphatic imine (C=N–C) groups is 2. The van der Waals surface area contributed by atoms with E-state index in [0.717, 1.165) is 48.0 Å². The Morgan fingerprint density at radius 1 is 1.21 bits per heavy atom. The first-order valence-corrected chi connectivity index (χ1v) is 11.7. The molecule has 5 rings (SSSR count). The van der Waals surface area contributed by atoms with Crippen molar-refractivity contribution in [1.29, 1.82) is 0 Å². The summed E-state index contributed by atoms with van der Waals surface area (Å²) in [6, 6.07) is 15.5. The molecule has 2 aromatic carbocycles. The van der Waals surface area contributed by atoms with Crippen molar-refractivity contribution in [2.45, 2.75) is 25.4 Å². The molecule has 2 atom stereocenters. The summed E-state index contributed by atoms with van der Waals surface area (Å²) in [5, 5.41) is 6.45. The first kappa shape index (κ1) is 22.2. The minimum atomic E-state index is -0.115. The van der Waals surface area contributed by atoms with Crippen molar-refractivity contribution in [3.8, 4) is 5.75 Å². The van der Waals surface area contributed by atoms with E-state index in [1.54, 1.807) is 13.3 Å². The van der Waals surface area contributed by atoms with Crippen LogP contribution >= 0.6 is 0 Å². The second kappa shape index (κ2) is 9.69. The molecule has 0 radical (unpaired) electrons. The number of nitrogens with two attached hydrogens (primary N) is 1. The summed E-state index contributed by atoms with van der Waals surface area (Å²) in [5.41, 5.74) is 9.74. The minimum Gasteiger partial charge on any atom is -0.497 e. The largest absolute Gasteiger partial charge is 0.497 e. The lowest BCUT2D eigenvalue weighted by Gasteiger charge is -2.29. The second-order valence-electron chi connectivity index (χ2n) is 8.87. The quantitative estimate of drug-likeness (QED) is 0.617. The molecule has 8 nitrogen and oxygen atoms in total. The molecule has 8 heteroatoms. The van der Waals surface area contributed by atoms with E-state index in [2.05, 4.69) is 20.5 Å². The summed E-state index contributed by atoms with van der Waals surface area (Å²) in [6.07, 6.45) is 4.16. The van der Waals surface area contributed by atoms with Gasteiger partial charge in [-0.25, -0.2) is 4.99 Å². The number of amides is 1. The van der Waals surface area contributed by atoms with Gasteiger partial charge < -0.3 is 26.0 Å². The van der Waals surface area contributed by atoms with Crippen LogP contribution in [0.4, 0.5) is 0 Å². The van der Waals surface area contributed by atoms with Crippen LogP contribution in [0.2, 0.25) is 0 Å². The van der Waals surface area contributed by atoms with Crippen molar-refractivity contribution in [3.05, 3.63) is 71.4 Å². The zero-order valence-electron chi connectivity index (χ0n) is 19.3. The van der Waals surface area contributed by atoms with Crippen LogP contribution in [0.3, 0.4) is 0 Å². The highest BCUT2D eigenvalue weighted by Gasteiger charge is 2.36. The fourth-order valence-electron chi connectivity index (χ4n) is 4.73. The number of rotatable bonds is 6. The molecule has 34 heavy (non-hydrogen) atoms. The smallest absolute Gasteiger partial charge is 0.251 e. The average molecular weight is 459 g/mol. The van der Waals surface area contributed by atoms with Crippen LogP contribution < -0.4 is 21.1 Å². The van der Waals surface area contributed by atoms with Crippen LogP contribution in [0, 0.1) is 5.92 Å². The van der Waals surface area contributed by atoms with Gasteiger partial charge in [0.2, 0.25) is 0 Å². The summed E-state index contributed by atoms with van der Waals surface area (Å²) < 4.78 is 5.17. The maximum Gasteiger partial charge on any atom is 0.251 e. The summed E-state index contributed by atoms with van der Waals surface area (Å²) in [6.45, 7) is 3.33. The fraction of sp³-hybridized carbons (Fsp3) is 0.346. The molecular weight excluding hydrogens is 428 g/mol. The molecule has 3 aliphatic heterocycles. The number of fused-ring (bicyclic) bond motifs is 1. The number of methoxy groups -OCH3 is 1. The van der Waals surface area contributed by atoms with Gasteiger partial charge in [0.15, 0.2) is 11.7 Å². The first-order valence-electron chi connectivity index (χ1n) is 11.7. The zero-order chi connectivity index (χ0) is 23.5. The molecule has 2 unspecified atom stereocenters. The lowest BCUT2D eigenvalue weighted by atomic mass is 9.92. The Kier molecular flexibility index (Phi) is 6.31. The van der Waals surface area contributed by atoms with Crippen LogP contribution in [-0.2, 0) is 6.54 Å². The van der Waals surface area contributed by atoms with Crippen LogP contribution in [-0.4, -0.2) is 55.3 Å². The lowest BCUT2D eigenvalue weighted by molar-refractivity contribution is 0.0951. The molecule has 4 N–H and O–H groups in total. The standard InChI is InChI=1S/C26H30N6O2/c1-34-21-10-4-17(5-11-21)13-30-26(33)19-8-6-18(7-9-19)23-15-29-24(27)25-31-22(16-32(23)25)20-3-2-12-28-14-20/h4-11,15,20,22,28H,2-3,12-14,16H2,1H3,(H2,27,29)(H,30,33). The number of amidine groups is 2. The van der Waals surface area contributed by atoms with Gasteiger partial charge in [-0.15, -0.1) is 0 Å². The van der Waals surface area contributed by atoms with Crippen molar-refractivity contribution < 1.29 is 9.53 Å². The Hall–Kier alpha value is -3.65. The van der Waals surface area contributed by atoms with Crippen LogP contribution in [0.15, 0.2) is 64.7 Å². The highest BCUT2D eigenvalue weighted by molar-refractivity contribution is 6.42. The van der Waals surface area contributed by atoms with Gasteiger partial charge in [0.25, 0.3) is 5.91 Å². The molecule has 176 valence electrons. The Bertz CT molecular complexity index is 1130. The topological polar surface area (TPSA) is 104 Å².